The van der Waals surface area contributed by atoms with Crippen LogP contribution in [-0.2, 0) is 0 Å². The number of nitrogens with zero attached hydrogens (tertiary/aromatic N) is 1. The fourth-order valence-corrected chi connectivity index (χ4v) is 3.37. The summed E-state index contributed by atoms with van der Waals surface area (Å²) in [6.45, 7) is 13.0. The van der Waals surface area contributed by atoms with Crippen LogP contribution in [0.4, 0.5) is 0 Å². The lowest BCUT2D eigenvalue weighted by atomic mass is 9.97. The fraction of sp³-hybridized carbons (Fsp3) is 1.00. The number of hydrogen-bond acceptors (Lipinski definition) is 2. The van der Waals surface area contributed by atoms with Crippen molar-refractivity contribution >= 4 is 0 Å². The summed E-state index contributed by atoms with van der Waals surface area (Å²) in [7, 11) is 2.14. The van der Waals surface area contributed by atoms with Crippen molar-refractivity contribution in [2.45, 2.75) is 59.4 Å². The highest BCUT2D eigenvalue weighted by Gasteiger charge is 2.25. The van der Waals surface area contributed by atoms with E-state index in [0.29, 0.717) is 6.04 Å². The minimum atomic E-state index is 0.699. The van der Waals surface area contributed by atoms with Gasteiger partial charge in [0.05, 0.1) is 0 Å². The average molecular weight is 254 g/mol. The van der Waals surface area contributed by atoms with Crippen LogP contribution in [0, 0.1) is 17.8 Å². The van der Waals surface area contributed by atoms with Crippen LogP contribution in [-0.4, -0.2) is 37.6 Å². The second kappa shape index (κ2) is 8.16. The number of rotatable bonds is 8. The van der Waals surface area contributed by atoms with Crippen molar-refractivity contribution in [3.05, 3.63) is 0 Å². The van der Waals surface area contributed by atoms with Crippen molar-refractivity contribution in [3.63, 3.8) is 0 Å². The maximum atomic E-state index is 3.58. The monoisotopic (exact) mass is 254 g/mol. The summed E-state index contributed by atoms with van der Waals surface area (Å²) in [6.07, 6.45) is 5.75. The van der Waals surface area contributed by atoms with Gasteiger partial charge >= 0.3 is 0 Å². The Balaban J connectivity index is 2.49. The van der Waals surface area contributed by atoms with E-state index in [-0.39, 0.29) is 0 Å². The summed E-state index contributed by atoms with van der Waals surface area (Å²) < 4.78 is 0. The summed E-state index contributed by atoms with van der Waals surface area (Å²) >= 11 is 0. The molecule has 1 fully saturated rings. The highest BCUT2D eigenvalue weighted by molar-refractivity contribution is 4.82. The molecule has 1 atom stereocenters. The molecular weight excluding hydrogens is 220 g/mol. The highest BCUT2D eigenvalue weighted by Crippen LogP contribution is 2.28. The van der Waals surface area contributed by atoms with E-state index in [2.05, 4.69) is 45.0 Å². The van der Waals surface area contributed by atoms with Gasteiger partial charge in [-0.25, -0.2) is 0 Å². The lowest BCUT2D eigenvalue weighted by Gasteiger charge is -2.32. The maximum Gasteiger partial charge on any atom is 0.0220 e. The Kier molecular flexibility index (Phi) is 7.25. The van der Waals surface area contributed by atoms with E-state index < -0.39 is 0 Å². The first-order chi connectivity index (χ1) is 8.52. The normalized spacial score (nSPS) is 19.3. The average Bonchev–Trinajstić information content (AvgIpc) is 2.77. The molecule has 0 aromatic heterocycles. The van der Waals surface area contributed by atoms with E-state index in [1.165, 1.54) is 45.3 Å². The van der Waals surface area contributed by atoms with Crippen molar-refractivity contribution in [1.82, 2.24) is 10.2 Å². The van der Waals surface area contributed by atoms with Crippen LogP contribution in [0.15, 0.2) is 0 Å². The SMILES string of the molecule is CNC(CN(CC(C)C)CC(C)C)C1CCCC1. The van der Waals surface area contributed by atoms with E-state index in [9.17, 15) is 0 Å². The lowest BCUT2D eigenvalue weighted by molar-refractivity contribution is 0.178. The zero-order valence-electron chi connectivity index (χ0n) is 13.2. The van der Waals surface area contributed by atoms with Gasteiger partial charge in [0.1, 0.15) is 0 Å². The number of nitrogens with one attached hydrogen (secondary N) is 1. The van der Waals surface area contributed by atoms with Gasteiger partial charge in [0.25, 0.3) is 0 Å². The van der Waals surface area contributed by atoms with Crippen molar-refractivity contribution in [2.75, 3.05) is 26.7 Å². The smallest absolute Gasteiger partial charge is 0.0220 e. The third-order valence-corrected chi connectivity index (χ3v) is 4.04. The summed E-state index contributed by atoms with van der Waals surface area (Å²) in [6, 6.07) is 0.699. The van der Waals surface area contributed by atoms with Crippen LogP contribution in [0.3, 0.4) is 0 Å². The van der Waals surface area contributed by atoms with Gasteiger partial charge in [0, 0.05) is 25.7 Å². The molecule has 2 heteroatoms. The molecule has 0 aromatic rings. The Hall–Kier alpha value is -0.0800. The molecule has 2 nitrogen and oxygen atoms in total. The zero-order valence-corrected chi connectivity index (χ0v) is 13.2. The summed E-state index contributed by atoms with van der Waals surface area (Å²) in [4.78, 5) is 2.68. The molecule has 1 aliphatic carbocycles. The third kappa shape index (κ3) is 5.71. The van der Waals surface area contributed by atoms with Gasteiger partial charge in [-0.15, -0.1) is 0 Å². The molecule has 0 amide bonds. The fourth-order valence-electron chi connectivity index (χ4n) is 3.37. The molecule has 108 valence electrons. The molecule has 1 N–H and O–H groups in total. The van der Waals surface area contributed by atoms with E-state index in [1.807, 2.05) is 0 Å². The van der Waals surface area contributed by atoms with E-state index in [1.54, 1.807) is 0 Å². The predicted molar refractivity (Wildman–Crippen MR) is 80.9 cm³/mol. The van der Waals surface area contributed by atoms with Gasteiger partial charge < -0.3 is 10.2 Å². The highest BCUT2D eigenvalue weighted by atomic mass is 15.1. The molecule has 18 heavy (non-hydrogen) atoms. The van der Waals surface area contributed by atoms with Crippen molar-refractivity contribution < 1.29 is 0 Å². The van der Waals surface area contributed by atoms with Gasteiger partial charge in [-0.1, -0.05) is 40.5 Å². The Morgan fingerprint density at radius 3 is 1.83 bits per heavy atom. The van der Waals surface area contributed by atoms with Crippen LogP contribution >= 0.6 is 0 Å². The van der Waals surface area contributed by atoms with Crippen molar-refractivity contribution in [3.8, 4) is 0 Å². The molecule has 0 aliphatic heterocycles. The van der Waals surface area contributed by atoms with E-state index in [0.717, 1.165) is 17.8 Å². The molecule has 0 bridgehead atoms. The minimum Gasteiger partial charge on any atom is -0.315 e. The Morgan fingerprint density at radius 1 is 0.944 bits per heavy atom. The Bertz CT molecular complexity index is 197. The van der Waals surface area contributed by atoms with Gasteiger partial charge in [-0.2, -0.15) is 0 Å². The zero-order chi connectivity index (χ0) is 13.5. The maximum absolute atomic E-state index is 3.58. The standard InChI is InChI=1S/C16H34N2/c1-13(2)10-18(11-14(3)4)12-16(17-5)15-8-6-7-9-15/h13-17H,6-12H2,1-5H3. The molecule has 1 unspecified atom stereocenters. The summed E-state index contributed by atoms with van der Waals surface area (Å²) in [5.74, 6) is 2.45. The van der Waals surface area contributed by atoms with Gasteiger partial charge in [0.2, 0.25) is 0 Å². The summed E-state index contributed by atoms with van der Waals surface area (Å²) in [5.41, 5.74) is 0. The third-order valence-electron chi connectivity index (χ3n) is 4.04. The van der Waals surface area contributed by atoms with Crippen LogP contribution in [0.25, 0.3) is 0 Å². The lowest BCUT2D eigenvalue weighted by Crippen LogP contribution is -2.45. The molecule has 0 radical (unpaired) electrons. The van der Waals surface area contributed by atoms with Gasteiger partial charge in [0.15, 0.2) is 0 Å². The number of hydrogen-bond donors (Lipinski definition) is 1. The van der Waals surface area contributed by atoms with Crippen LogP contribution in [0.5, 0.6) is 0 Å². The van der Waals surface area contributed by atoms with Crippen molar-refractivity contribution in [2.24, 2.45) is 17.8 Å². The molecule has 0 aromatic carbocycles. The van der Waals surface area contributed by atoms with Crippen molar-refractivity contribution in [1.29, 1.82) is 0 Å². The first-order valence-electron chi connectivity index (χ1n) is 7.92. The number of likely N-dealkylation sites (N-methyl/N-ethyl adjacent to an activating group) is 1. The first-order valence-corrected chi connectivity index (χ1v) is 7.92. The molecule has 1 aliphatic rings. The molecule has 0 heterocycles. The Labute approximate surface area is 115 Å². The second-order valence-electron chi connectivity index (χ2n) is 6.95. The summed E-state index contributed by atoms with van der Waals surface area (Å²) in [5, 5.41) is 3.58. The topological polar surface area (TPSA) is 15.3 Å². The van der Waals surface area contributed by atoms with E-state index in [4.69, 9.17) is 0 Å². The molecule has 0 saturated heterocycles. The molecule has 0 spiro atoms. The Morgan fingerprint density at radius 2 is 1.44 bits per heavy atom. The second-order valence-corrected chi connectivity index (χ2v) is 6.95. The van der Waals surface area contributed by atoms with Gasteiger partial charge in [-0.3, -0.25) is 0 Å². The van der Waals surface area contributed by atoms with Crippen LogP contribution in [0.2, 0.25) is 0 Å². The molecule has 1 rings (SSSR count). The van der Waals surface area contributed by atoms with E-state index >= 15 is 0 Å². The quantitative estimate of drug-likeness (QED) is 0.714. The molecular formula is C16H34N2. The largest absolute Gasteiger partial charge is 0.315 e. The minimum absolute atomic E-state index is 0.699. The van der Waals surface area contributed by atoms with Crippen LogP contribution < -0.4 is 5.32 Å². The predicted octanol–water partition coefficient (Wildman–Crippen LogP) is 3.38. The van der Waals surface area contributed by atoms with Gasteiger partial charge in [-0.05, 0) is 37.6 Å². The molecule has 1 saturated carbocycles. The first kappa shape index (κ1) is 16.0. The van der Waals surface area contributed by atoms with Crippen LogP contribution in [0.1, 0.15) is 53.4 Å².